The molecule has 0 spiro atoms. The summed E-state index contributed by atoms with van der Waals surface area (Å²) >= 11 is 0. The van der Waals surface area contributed by atoms with E-state index in [1.54, 1.807) is 12.0 Å². The molecule has 0 aliphatic carbocycles. The number of carbonyl (C=O) groups excluding carboxylic acids is 2. The topological polar surface area (TPSA) is 66.8 Å². The number of ether oxygens (including phenoxy) is 1. The molecule has 176 valence electrons. The number of unbranched alkanes of at least 4 members (excludes halogenated alkanes) is 1. The molecule has 1 heterocycles. The molecule has 3 amide bonds. The highest BCUT2D eigenvalue weighted by molar-refractivity contribution is 5.92. The van der Waals surface area contributed by atoms with Crippen LogP contribution in [0.5, 0.6) is 0 Å². The number of benzene rings is 1. The van der Waals surface area contributed by atoms with Crippen molar-refractivity contribution in [3.05, 3.63) is 53.9 Å². The number of carbonyl (C=O) groups is 2. The molecule has 0 unspecified atom stereocenters. The number of methoxy groups -OCH3 is 1. The Hall–Kier alpha value is -2.80. The highest BCUT2D eigenvalue weighted by atomic mass is 16.5. The van der Waals surface area contributed by atoms with Gasteiger partial charge in [0.2, 0.25) is 5.91 Å². The van der Waals surface area contributed by atoms with Crippen LogP contribution >= 0.6 is 0 Å². The molecule has 1 aromatic heterocycles. The van der Waals surface area contributed by atoms with Crippen molar-refractivity contribution >= 4 is 17.6 Å². The molecule has 2 aromatic rings. The molecular formula is C25H38N4O3. The molecule has 1 N–H and O–H groups in total. The lowest BCUT2D eigenvalue weighted by molar-refractivity contribution is -0.132. The molecule has 1 aromatic carbocycles. The van der Waals surface area contributed by atoms with Crippen LogP contribution in [0.1, 0.15) is 44.4 Å². The van der Waals surface area contributed by atoms with Crippen molar-refractivity contribution in [1.29, 1.82) is 0 Å². The number of rotatable bonds is 13. The van der Waals surface area contributed by atoms with E-state index in [0.717, 1.165) is 30.6 Å². The van der Waals surface area contributed by atoms with E-state index in [-0.39, 0.29) is 18.5 Å². The van der Waals surface area contributed by atoms with Gasteiger partial charge in [-0.05, 0) is 49.1 Å². The van der Waals surface area contributed by atoms with Crippen LogP contribution in [0.2, 0.25) is 0 Å². The van der Waals surface area contributed by atoms with E-state index >= 15 is 0 Å². The van der Waals surface area contributed by atoms with Crippen molar-refractivity contribution in [3.63, 3.8) is 0 Å². The molecule has 0 aliphatic rings. The molecule has 0 atom stereocenters. The summed E-state index contributed by atoms with van der Waals surface area (Å²) in [6.07, 6.45) is 5.52. The van der Waals surface area contributed by atoms with E-state index < -0.39 is 0 Å². The fraction of sp³-hybridized carbons (Fsp3) is 0.520. The first-order valence-corrected chi connectivity index (χ1v) is 11.5. The Kier molecular flexibility index (Phi) is 10.8. The van der Waals surface area contributed by atoms with Gasteiger partial charge < -0.3 is 24.4 Å². The third kappa shape index (κ3) is 8.04. The van der Waals surface area contributed by atoms with Gasteiger partial charge in [0.15, 0.2) is 0 Å². The Morgan fingerprint density at radius 2 is 1.75 bits per heavy atom. The highest BCUT2D eigenvalue weighted by Crippen LogP contribution is 2.12. The normalized spacial score (nSPS) is 10.8. The maximum Gasteiger partial charge on any atom is 0.322 e. The lowest BCUT2D eigenvalue weighted by Crippen LogP contribution is -2.45. The minimum Gasteiger partial charge on any atom is -0.385 e. The second-order valence-electron chi connectivity index (χ2n) is 8.03. The number of aromatic nitrogens is 1. The maximum atomic E-state index is 13.2. The Morgan fingerprint density at radius 3 is 2.34 bits per heavy atom. The van der Waals surface area contributed by atoms with Crippen molar-refractivity contribution < 1.29 is 14.3 Å². The van der Waals surface area contributed by atoms with E-state index in [1.165, 1.54) is 5.56 Å². The predicted octanol–water partition coefficient (Wildman–Crippen LogP) is 4.29. The van der Waals surface area contributed by atoms with Crippen LogP contribution in [0.15, 0.2) is 42.6 Å². The van der Waals surface area contributed by atoms with Gasteiger partial charge in [-0.15, -0.1) is 0 Å². The molecule has 0 radical (unpaired) electrons. The second-order valence-corrected chi connectivity index (χ2v) is 8.03. The predicted molar refractivity (Wildman–Crippen MR) is 129 cm³/mol. The molecule has 7 heteroatoms. The summed E-state index contributed by atoms with van der Waals surface area (Å²) < 4.78 is 7.17. The zero-order chi connectivity index (χ0) is 23.3. The van der Waals surface area contributed by atoms with Crippen LogP contribution in [-0.4, -0.2) is 59.7 Å². The van der Waals surface area contributed by atoms with Crippen LogP contribution in [-0.2, 0) is 29.5 Å². The van der Waals surface area contributed by atoms with Crippen LogP contribution in [0.3, 0.4) is 0 Å². The first kappa shape index (κ1) is 25.5. The van der Waals surface area contributed by atoms with Crippen molar-refractivity contribution in [1.82, 2.24) is 14.4 Å². The molecule has 32 heavy (non-hydrogen) atoms. The van der Waals surface area contributed by atoms with Gasteiger partial charge in [-0.3, -0.25) is 4.79 Å². The summed E-state index contributed by atoms with van der Waals surface area (Å²) in [5.74, 6) is -0.0476. The quantitative estimate of drug-likeness (QED) is 0.471. The summed E-state index contributed by atoms with van der Waals surface area (Å²) in [4.78, 5) is 29.7. The summed E-state index contributed by atoms with van der Waals surface area (Å²) in [5, 5.41) is 2.93. The van der Waals surface area contributed by atoms with E-state index in [9.17, 15) is 9.59 Å². The number of aryl methyl sites for hydroxylation is 2. The van der Waals surface area contributed by atoms with Crippen LogP contribution in [0.4, 0.5) is 10.5 Å². The fourth-order valence-electron chi connectivity index (χ4n) is 3.44. The number of urea groups is 1. The van der Waals surface area contributed by atoms with Gasteiger partial charge in [-0.25, -0.2) is 4.79 Å². The van der Waals surface area contributed by atoms with Gasteiger partial charge in [-0.2, -0.15) is 0 Å². The number of nitrogens with one attached hydrogen (secondary N) is 1. The van der Waals surface area contributed by atoms with Gasteiger partial charge in [0.25, 0.3) is 0 Å². The number of amides is 3. The molecule has 0 aliphatic heterocycles. The average Bonchev–Trinajstić information content (AvgIpc) is 3.20. The molecular weight excluding hydrogens is 404 g/mol. The summed E-state index contributed by atoms with van der Waals surface area (Å²) in [5.41, 5.74) is 3.01. The standard InChI is InChI=1S/C25H38N4O3/c1-5-7-16-28(19-23-10-8-15-27(23)3)24(30)20-29(17-9-18-32-4)25(31)26-22-13-11-21(6-2)12-14-22/h8,10-15H,5-7,9,16-20H2,1-4H3,(H,26,31). The molecule has 0 saturated heterocycles. The van der Waals surface area contributed by atoms with Crippen molar-refractivity contribution in [3.8, 4) is 0 Å². The third-order valence-corrected chi connectivity index (χ3v) is 5.54. The lowest BCUT2D eigenvalue weighted by Gasteiger charge is -2.28. The van der Waals surface area contributed by atoms with Gasteiger partial charge in [-0.1, -0.05) is 32.4 Å². The van der Waals surface area contributed by atoms with Crippen molar-refractivity contribution in [2.75, 3.05) is 38.7 Å². The maximum absolute atomic E-state index is 13.2. The summed E-state index contributed by atoms with van der Waals surface area (Å²) in [6, 6.07) is 11.5. The minimum absolute atomic E-state index is 0.0384. The number of hydrogen-bond donors (Lipinski definition) is 1. The monoisotopic (exact) mass is 442 g/mol. The molecule has 0 saturated carbocycles. The van der Waals surface area contributed by atoms with Crippen LogP contribution < -0.4 is 5.32 Å². The summed E-state index contributed by atoms with van der Waals surface area (Å²) in [6.45, 7) is 6.43. The first-order chi connectivity index (χ1) is 15.5. The Morgan fingerprint density at radius 1 is 1.03 bits per heavy atom. The van der Waals surface area contributed by atoms with Gasteiger partial charge in [0.05, 0.1) is 6.54 Å². The first-order valence-electron chi connectivity index (χ1n) is 11.5. The Labute approximate surface area is 192 Å². The fourth-order valence-corrected chi connectivity index (χ4v) is 3.44. The third-order valence-electron chi connectivity index (χ3n) is 5.54. The average molecular weight is 443 g/mol. The van der Waals surface area contributed by atoms with E-state index in [0.29, 0.717) is 32.7 Å². The van der Waals surface area contributed by atoms with E-state index in [4.69, 9.17) is 4.74 Å². The molecule has 0 fully saturated rings. The van der Waals surface area contributed by atoms with Crippen molar-refractivity contribution in [2.45, 2.75) is 46.1 Å². The largest absolute Gasteiger partial charge is 0.385 e. The van der Waals surface area contributed by atoms with Gasteiger partial charge >= 0.3 is 6.03 Å². The SMILES string of the molecule is CCCCN(Cc1cccn1C)C(=O)CN(CCCOC)C(=O)Nc1ccc(CC)cc1. The smallest absolute Gasteiger partial charge is 0.322 e. The van der Waals surface area contributed by atoms with Gasteiger partial charge in [0.1, 0.15) is 6.54 Å². The van der Waals surface area contributed by atoms with Gasteiger partial charge in [0, 0.05) is 51.4 Å². The number of nitrogens with zero attached hydrogens (tertiary/aromatic N) is 3. The zero-order valence-electron chi connectivity index (χ0n) is 20.0. The Balaban J connectivity index is 2.09. The zero-order valence-corrected chi connectivity index (χ0v) is 20.0. The molecule has 2 rings (SSSR count). The second kappa shape index (κ2) is 13.6. The van der Waals surface area contributed by atoms with E-state index in [1.807, 2.05) is 59.1 Å². The van der Waals surface area contributed by atoms with Crippen LogP contribution in [0.25, 0.3) is 0 Å². The van der Waals surface area contributed by atoms with E-state index in [2.05, 4.69) is 19.2 Å². The summed E-state index contributed by atoms with van der Waals surface area (Å²) in [7, 11) is 3.61. The van der Waals surface area contributed by atoms with Crippen molar-refractivity contribution in [2.24, 2.45) is 7.05 Å². The molecule has 7 nitrogen and oxygen atoms in total. The number of hydrogen-bond acceptors (Lipinski definition) is 3. The number of anilines is 1. The minimum atomic E-state index is -0.270. The Bertz CT molecular complexity index is 832. The van der Waals surface area contributed by atoms with Crippen LogP contribution in [0, 0.1) is 0 Å². The highest BCUT2D eigenvalue weighted by Gasteiger charge is 2.22. The molecule has 0 bridgehead atoms. The lowest BCUT2D eigenvalue weighted by atomic mass is 10.1.